The Labute approximate surface area is 148 Å². The number of carbonyl (C=O) groups excluding carboxylic acids is 1. The molecule has 0 atom stereocenters. The summed E-state index contributed by atoms with van der Waals surface area (Å²) in [6, 6.07) is 16.3. The third-order valence-corrected chi connectivity index (χ3v) is 5.12. The Morgan fingerprint density at radius 1 is 1.00 bits per heavy atom. The number of para-hydroxylation sites is 1. The minimum Gasteiger partial charge on any atom is -0.346 e. The van der Waals surface area contributed by atoms with Crippen LogP contribution >= 0.6 is 0 Å². The van der Waals surface area contributed by atoms with Crippen LogP contribution in [-0.4, -0.2) is 18.5 Å². The molecule has 2 aromatic carbocycles. The van der Waals surface area contributed by atoms with Gasteiger partial charge in [0.15, 0.2) is 0 Å². The summed E-state index contributed by atoms with van der Waals surface area (Å²) in [7, 11) is 2.05. The first-order valence-corrected chi connectivity index (χ1v) is 8.43. The van der Waals surface area contributed by atoms with Gasteiger partial charge in [-0.25, -0.2) is 0 Å². The predicted molar refractivity (Wildman–Crippen MR) is 103 cm³/mol. The van der Waals surface area contributed by atoms with Gasteiger partial charge >= 0.3 is 0 Å². The molecule has 1 aliphatic carbocycles. The molecule has 1 aliphatic heterocycles. The zero-order chi connectivity index (χ0) is 17.6. The number of likely N-dealkylation sites (N-methyl/N-ethyl adjacent to an activating group) is 1. The minimum atomic E-state index is -0.150. The van der Waals surface area contributed by atoms with Crippen molar-refractivity contribution in [2.24, 2.45) is 4.99 Å². The first-order chi connectivity index (χ1) is 12.0. The van der Waals surface area contributed by atoms with Crippen LogP contribution in [0.5, 0.6) is 0 Å². The molecule has 0 fully saturated rings. The van der Waals surface area contributed by atoms with E-state index in [0.717, 1.165) is 16.8 Å². The van der Waals surface area contributed by atoms with Crippen LogP contribution in [0.3, 0.4) is 0 Å². The Hall–Kier alpha value is -2.94. The van der Waals surface area contributed by atoms with E-state index in [2.05, 4.69) is 49.0 Å². The second-order valence-corrected chi connectivity index (χ2v) is 6.98. The van der Waals surface area contributed by atoms with E-state index in [9.17, 15) is 4.79 Å². The Balaban J connectivity index is 1.81. The van der Waals surface area contributed by atoms with Crippen molar-refractivity contribution in [1.29, 1.82) is 0 Å². The predicted octanol–water partition coefficient (Wildman–Crippen LogP) is 4.34. The van der Waals surface area contributed by atoms with Crippen molar-refractivity contribution in [2.75, 3.05) is 11.9 Å². The number of allylic oxidation sites excluding steroid dienone is 2. The normalized spacial score (nSPS) is 20.9. The zero-order valence-corrected chi connectivity index (χ0v) is 14.7. The summed E-state index contributed by atoms with van der Waals surface area (Å²) in [4.78, 5) is 19.2. The maximum absolute atomic E-state index is 12.4. The quantitative estimate of drug-likeness (QED) is 0.780. The van der Waals surface area contributed by atoms with Crippen LogP contribution in [0.1, 0.15) is 30.5 Å². The van der Waals surface area contributed by atoms with Gasteiger partial charge in [-0.3, -0.25) is 9.79 Å². The number of carbonyl (C=O) groups is 1. The summed E-state index contributed by atoms with van der Waals surface area (Å²) in [5.41, 5.74) is 5.83. The molecule has 25 heavy (non-hydrogen) atoms. The second kappa shape index (κ2) is 5.55. The fraction of sp³-hybridized carbons (Fsp3) is 0.182. The topological polar surface area (TPSA) is 32.7 Å². The fourth-order valence-corrected chi connectivity index (χ4v) is 3.72. The largest absolute Gasteiger partial charge is 0.346 e. The molecule has 0 radical (unpaired) electrons. The molecular formula is C22H20N2O. The number of hydrogen-bond donors (Lipinski definition) is 0. The second-order valence-electron chi connectivity index (χ2n) is 6.98. The molecule has 3 heteroatoms. The van der Waals surface area contributed by atoms with Gasteiger partial charge in [-0.2, -0.15) is 0 Å². The number of rotatable bonds is 1. The van der Waals surface area contributed by atoms with E-state index in [0.29, 0.717) is 5.71 Å². The minimum absolute atomic E-state index is 0.0495. The number of benzene rings is 2. The highest BCUT2D eigenvalue weighted by Gasteiger charge is 2.38. The summed E-state index contributed by atoms with van der Waals surface area (Å²) in [5, 5.41) is 0. The molecular weight excluding hydrogens is 308 g/mol. The van der Waals surface area contributed by atoms with E-state index in [1.807, 2.05) is 42.6 Å². The van der Waals surface area contributed by atoms with Gasteiger partial charge in [-0.1, -0.05) is 62.4 Å². The summed E-state index contributed by atoms with van der Waals surface area (Å²) < 4.78 is 0. The van der Waals surface area contributed by atoms with Crippen molar-refractivity contribution in [3.63, 3.8) is 0 Å². The van der Waals surface area contributed by atoms with Gasteiger partial charge in [0.25, 0.3) is 0 Å². The number of ketones is 1. The maximum atomic E-state index is 12.4. The van der Waals surface area contributed by atoms with Crippen LogP contribution in [-0.2, 0) is 10.2 Å². The van der Waals surface area contributed by atoms with Gasteiger partial charge in [0.1, 0.15) is 5.71 Å². The van der Waals surface area contributed by atoms with E-state index in [1.54, 1.807) is 6.08 Å². The molecule has 0 bridgehead atoms. The van der Waals surface area contributed by atoms with E-state index in [4.69, 9.17) is 0 Å². The Bertz CT molecular complexity index is 963. The van der Waals surface area contributed by atoms with Crippen LogP contribution in [0.4, 0.5) is 5.69 Å². The average Bonchev–Trinajstić information content (AvgIpc) is 2.81. The monoisotopic (exact) mass is 328 g/mol. The number of nitrogens with zero attached hydrogens (tertiary/aromatic N) is 2. The van der Waals surface area contributed by atoms with E-state index in [1.165, 1.54) is 11.3 Å². The van der Waals surface area contributed by atoms with Crippen LogP contribution in [0.25, 0.3) is 6.08 Å². The van der Waals surface area contributed by atoms with Gasteiger partial charge in [0, 0.05) is 35.6 Å². The van der Waals surface area contributed by atoms with Crippen molar-refractivity contribution < 1.29 is 4.79 Å². The first-order valence-electron chi connectivity index (χ1n) is 8.43. The van der Waals surface area contributed by atoms with Gasteiger partial charge in [0.2, 0.25) is 5.78 Å². The van der Waals surface area contributed by atoms with Crippen molar-refractivity contribution >= 4 is 23.3 Å². The molecule has 2 aromatic rings. The lowest BCUT2D eigenvalue weighted by Gasteiger charge is -2.23. The lowest BCUT2D eigenvalue weighted by Crippen LogP contribution is -2.23. The van der Waals surface area contributed by atoms with Crippen molar-refractivity contribution in [3.05, 3.63) is 83.2 Å². The molecule has 4 rings (SSSR count). The fourth-order valence-electron chi connectivity index (χ4n) is 3.72. The molecule has 0 saturated carbocycles. The summed E-state index contributed by atoms with van der Waals surface area (Å²) >= 11 is 0. The maximum Gasteiger partial charge on any atom is 0.204 e. The molecule has 0 spiro atoms. The van der Waals surface area contributed by atoms with Gasteiger partial charge < -0.3 is 4.90 Å². The average molecular weight is 328 g/mol. The number of anilines is 1. The zero-order valence-electron chi connectivity index (χ0n) is 14.7. The molecule has 1 heterocycles. The summed E-state index contributed by atoms with van der Waals surface area (Å²) in [5.74, 6) is -0.0495. The Kier molecular flexibility index (Phi) is 3.46. The van der Waals surface area contributed by atoms with Crippen molar-refractivity contribution in [1.82, 2.24) is 0 Å². The molecule has 124 valence electrons. The van der Waals surface area contributed by atoms with E-state index >= 15 is 0 Å². The lowest BCUT2D eigenvalue weighted by atomic mass is 9.84. The third-order valence-electron chi connectivity index (χ3n) is 5.12. The van der Waals surface area contributed by atoms with Gasteiger partial charge in [-0.15, -0.1) is 0 Å². The van der Waals surface area contributed by atoms with Crippen LogP contribution in [0.15, 0.2) is 71.5 Å². The van der Waals surface area contributed by atoms with Gasteiger partial charge in [-0.05, 0) is 23.3 Å². The van der Waals surface area contributed by atoms with Gasteiger partial charge in [0.05, 0.1) is 0 Å². The van der Waals surface area contributed by atoms with Crippen molar-refractivity contribution in [2.45, 2.75) is 19.3 Å². The first kappa shape index (κ1) is 15.6. The van der Waals surface area contributed by atoms with Crippen LogP contribution in [0.2, 0.25) is 0 Å². The summed E-state index contributed by atoms with van der Waals surface area (Å²) in [6.45, 7) is 4.38. The number of fused-ring (bicyclic) bond motifs is 2. The van der Waals surface area contributed by atoms with Crippen molar-refractivity contribution in [3.8, 4) is 0 Å². The molecule has 0 N–H and O–H groups in total. The highest BCUT2D eigenvalue weighted by Crippen LogP contribution is 2.46. The highest BCUT2D eigenvalue weighted by atomic mass is 16.1. The lowest BCUT2D eigenvalue weighted by molar-refractivity contribution is -0.108. The third kappa shape index (κ3) is 2.35. The molecule has 0 unspecified atom stereocenters. The smallest absolute Gasteiger partial charge is 0.204 e. The SMILES string of the molecule is CN1/C(=C/N=C2C(=O)C=Cc3ccccc32)C(C)(C)c2ccccc21. The molecule has 0 saturated heterocycles. The molecule has 2 aliphatic rings. The Morgan fingerprint density at radius 3 is 2.52 bits per heavy atom. The van der Waals surface area contributed by atoms with Crippen LogP contribution in [0, 0.1) is 0 Å². The standard InChI is InChI=1S/C22H20N2O/c1-22(2)17-10-6-7-11-18(17)24(3)20(22)14-23-21-16-9-5-4-8-15(16)12-13-19(21)25/h4-14H,1-3H3/b20-14+,23-21?. The van der Waals surface area contributed by atoms with E-state index in [-0.39, 0.29) is 11.2 Å². The van der Waals surface area contributed by atoms with Crippen LogP contribution < -0.4 is 4.90 Å². The highest BCUT2D eigenvalue weighted by molar-refractivity contribution is 6.52. The number of aliphatic imine (C=N–C) groups is 1. The van der Waals surface area contributed by atoms with E-state index < -0.39 is 0 Å². The molecule has 0 amide bonds. The summed E-state index contributed by atoms with van der Waals surface area (Å²) in [6.07, 6.45) is 5.30. The molecule has 0 aromatic heterocycles. The number of hydrogen-bond acceptors (Lipinski definition) is 3. The Morgan fingerprint density at radius 2 is 1.72 bits per heavy atom. The molecule has 3 nitrogen and oxygen atoms in total.